The van der Waals surface area contributed by atoms with Crippen molar-refractivity contribution >= 4 is 17.5 Å². The molecule has 2 N–H and O–H groups in total. The van der Waals surface area contributed by atoms with Gasteiger partial charge in [0.2, 0.25) is 5.95 Å². The number of hydrogen-bond donors (Lipinski definition) is 2. The Morgan fingerprint density at radius 3 is 2.89 bits per heavy atom. The van der Waals surface area contributed by atoms with Gasteiger partial charge in [-0.1, -0.05) is 6.07 Å². The predicted octanol–water partition coefficient (Wildman–Crippen LogP) is 2.41. The molecule has 0 bridgehead atoms. The van der Waals surface area contributed by atoms with Crippen molar-refractivity contribution in [2.45, 2.75) is 0 Å². The van der Waals surface area contributed by atoms with E-state index in [1.807, 2.05) is 0 Å². The van der Waals surface area contributed by atoms with Gasteiger partial charge in [0, 0.05) is 18.8 Å². The van der Waals surface area contributed by atoms with Gasteiger partial charge in [-0.25, -0.2) is 9.37 Å². The van der Waals surface area contributed by atoms with Crippen LogP contribution >= 0.6 is 0 Å². The van der Waals surface area contributed by atoms with Crippen molar-refractivity contribution in [3.63, 3.8) is 0 Å². The van der Waals surface area contributed by atoms with E-state index in [0.717, 1.165) is 6.20 Å². The molecule has 0 atom stereocenters. The molecule has 6 heteroatoms. The molecule has 0 radical (unpaired) electrons. The van der Waals surface area contributed by atoms with Crippen LogP contribution in [0.4, 0.5) is 21.8 Å². The van der Waals surface area contributed by atoms with Gasteiger partial charge in [0.05, 0.1) is 13.3 Å². The monoisotopic (exact) mass is 248 g/mol. The molecule has 2 rings (SSSR count). The highest BCUT2D eigenvalue weighted by atomic mass is 19.1. The summed E-state index contributed by atoms with van der Waals surface area (Å²) in [5, 5.41) is 5.62. The molecule has 1 aromatic carbocycles. The number of halogens is 1. The molecule has 1 heterocycles. The molecule has 0 amide bonds. The van der Waals surface area contributed by atoms with E-state index in [9.17, 15) is 4.39 Å². The minimum absolute atomic E-state index is 0.114. The van der Waals surface area contributed by atoms with Crippen LogP contribution in [0.5, 0.6) is 5.75 Å². The molecule has 0 fully saturated rings. The van der Waals surface area contributed by atoms with E-state index < -0.39 is 5.82 Å². The van der Waals surface area contributed by atoms with Crippen LogP contribution in [-0.4, -0.2) is 24.1 Å². The Morgan fingerprint density at radius 2 is 2.17 bits per heavy atom. The highest BCUT2D eigenvalue weighted by molar-refractivity contribution is 5.59. The van der Waals surface area contributed by atoms with Gasteiger partial charge in [0.1, 0.15) is 5.75 Å². The lowest BCUT2D eigenvalue weighted by Crippen LogP contribution is -2.03. The molecule has 2 aromatic rings. The number of anilines is 3. The summed E-state index contributed by atoms with van der Waals surface area (Å²) < 4.78 is 18.6. The van der Waals surface area contributed by atoms with Gasteiger partial charge in [0.15, 0.2) is 11.6 Å². The summed E-state index contributed by atoms with van der Waals surface area (Å²) >= 11 is 0. The fourth-order valence-electron chi connectivity index (χ4n) is 1.41. The maximum Gasteiger partial charge on any atom is 0.224 e. The summed E-state index contributed by atoms with van der Waals surface area (Å²) in [5.41, 5.74) is 0.689. The molecule has 5 nitrogen and oxygen atoms in total. The van der Waals surface area contributed by atoms with Crippen LogP contribution in [0, 0.1) is 5.82 Å². The Hall–Kier alpha value is -2.37. The highest BCUT2D eigenvalue weighted by Gasteiger charge is 2.06. The van der Waals surface area contributed by atoms with Crippen LogP contribution in [-0.2, 0) is 0 Å². The molecule has 0 unspecified atom stereocenters. The Bertz CT molecular complexity index is 547. The van der Waals surface area contributed by atoms with E-state index >= 15 is 0 Å². The molecule has 1 aromatic heterocycles. The molecule has 94 valence electrons. The quantitative estimate of drug-likeness (QED) is 0.870. The first-order valence-electron chi connectivity index (χ1n) is 5.34. The van der Waals surface area contributed by atoms with Crippen molar-refractivity contribution in [2.24, 2.45) is 0 Å². The number of aromatic nitrogens is 2. The third kappa shape index (κ3) is 2.65. The maximum absolute atomic E-state index is 13.5. The van der Waals surface area contributed by atoms with Gasteiger partial charge in [-0.05, 0) is 12.1 Å². The van der Waals surface area contributed by atoms with E-state index in [2.05, 4.69) is 20.6 Å². The molecule has 0 aliphatic rings. The molecule has 0 aliphatic carbocycles. The van der Waals surface area contributed by atoms with Crippen molar-refractivity contribution in [3.05, 3.63) is 36.3 Å². The smallest absolute Gasteiger partial charge is 0.224 e. The summed E-state index contributed by atoms with van der Waals surface area (Å²) in [6.45, 7) is 0. The van der Waals surface area contributed by atoms with E-state index in [4.69, 9.17) is 4.74 Å². The molecular weight excluding hydrogens is 235 g/mol. The van der Waals surface area contributed by atoms with Crippen molar-refractivity contribution in [1.82, 2.24) is 9.97 Å². The van der Waals surface area contributed by atoms with Crippen LogP contribution < -0.4 is 15.4 Å². The van der Waals surface area contributed by atoms with Gasteiger partial charge >= 0.3 is 0 Å². The zero-order chi connectivity index (χ0) is 13.0. The molecular formula is C12H13FN4O. The number of benzene rings is 1. The van der Waals surface area contributed by atoms with E-state index in [1.165, 1.54) is 0 Å². The van der Waals surface area contributed by atoms with Crippen LogP contribution in [0.3, 0.4) is 0 Å². The van der Waals surface area contributed by atoms with Gasteiger partial charge in [-0.3, -0.25) is 0 Å². The van der Waals surface area contributed by atoms with Gasteiger partial charge in [-0.15, -0.1) is 0 Å². The largest absolute Gasteiger partial charge is 0.497 e. The van der Waals surface area contributed by atoms with Crippen LogP contribution in [0.25, 0.3) is 0 Å². The molecule has 0 aliphatic heterocycles. The van der Waals surface area contributed by atoms with Crippen molar-refractivity contribution in [3.8, 4) is 5.75 Å². The number of rotatable bonds is 4. The van der Waals surface area contributed by atoms with Crippen LogP contribution in [0.1, 0.15) is 0 Å². The SMILES string of the molecule is CNc1ncc(F)c(Nc2cccc(OC)c2)n1. The van der Waals surface area contributed by atoms with Crippen molar-refractivity contribution in [2.75, 3.05) is 24.8 Å². The molecule has 18 heavy (non-hydrogen) atoms. The first-order valence-corrected chi connectivity index (χ1v) is 5.34. The fraction of sp³-hybridized carbons (Fsp3) is 0.167. The third-order valence-corrected chi connectivity index (χ3v) is 2.30. The van der Waals surface area contributed by atoms with Gasteiger partial charge < -0.3 is 15.4 Å². The summed E-state index contributed by atoms with van der Waals surface area (Å²) in [7, 11) is 3.24. The number of methoxy groups -OCH3 is 1. The minimum atomic E-state index is -0.517. The molecule has 0 saturated carbocycles. The second-order valence-corrected chi connectivity index (χ2v) is 3.50. The Balaban J connectivity index is 2.27. The topological polar surface area (TPSA) is 59.1 Å². The van der Waals surface area contributed by atoms with Crippen LogP contribution in [0.15, 0.2) is 30.5 Å². The van der Waals surface area contributed by atoms with Gasteiger partial charge in [0.25, 0.3) is 0 Å². The number of ether oxygens (including phenoxy) is 1. The number of nitrogens with one attached hydrogen (secondary N) is 2. The standard InChI is InChI=1S/C12H13FN4O/c1-14-12-15-7-10(13)11(17-12)16-8-4-3-5-9(6-8)18-2/h3-7H,1-2H3,(H2,14,15,16,17). The normalized spacial score (nSPS) is 9.94. The summed E-state index contributed by atoms with van der Waals surface area (Å²) in [6.07, 6.45) is 1.11. The van der Waals surface area contributed by atoms with E-state index in [1.54, 1.807) is 38.4 Å². The molecule has 0 spiro atoms. The Labute approximate surface area is 104 Å². The zero-order valence-corrected chi connectivity index (χ0v) is 10.1. The van der Waals surface area contributed by atoms with Crippen molar-refractivity contribution < 1.29 is 9.13 Å². The first-order chi connectivity index (χ1) is 8.72. The Kier molecular flexibility index (Phi) is 3.57. The Morgan fingerprint density at radius 1 is 1.33 bits per heavy atom. The van der Waals surface area contributed by atoms with E-state index in [-0.39, 0.29) is 5.82 Å². The van der Waals surface area contributed by atoms with Gasteiger partial charge in [-0.2, -0.15) is 4.98 Å². The van der Waals surface area contributed by atoms with Crippen molar-refractivity contribution in [1.29, 1.82) is 0 Å². The maximum atomic E-state index is 13.5. The summed E-state index contributed by atoms with van der Waals surface area (Å²) in [6, 6.07) is 7.16. The molecule has 0 saturated heterocycles. The number of nitrogens with zero attached hydrogens (tertiary/aromatic N) is 2. The lowest BCUT2D eigenvalue weighted by Gasteiger charge is -2.09. The second kappa shape index (κ2) is 5.31. The fourth-order valence-corrected chi connectivity index (χ4v) is 1.41. The summed E-state index contributed by atoms with van der Waals surface area (Å²) in [5.74, 6) is 0.629. The third-order valence-electron chi connectivity index (χ3n) is 2.30. The average molecular weight is 248 g/mol. The average Bonchev–Trinajstić information content (AvgIpc) is 2.41. The minimum Gasteiger partial charge on any atom is -0.497 e. The summed E-state index contributed by atoms with van der Waals surface area (Å²) in [4.78, 5) is 7.76. The predicted molar refractivity (Wildman–Crippen MR) is 67.8 cm³/mol. The second-order valence-electron chi connectivity index (χ2n) is 3.50. The number of hydrogen-bond acceptors (Lipinski definition) is 5. The first kappa shape index (κ1) is 12.1. The zero-order valence-electron chi connectivity index (χ0n) is 10.1. The van der Waals surface area contributed by atoms with E-state index in [0.29, 0.717) is 17.4 Å². The highest BCUT2D eigenvalue weighted by Crippen LogP contribution is 2.22. The lowest BCUT2D eigenvalue weighted by atomic mass is 10.3. The lowest BCUT2D eigenvalue weighted by molar-refractivity contribution is 0.415. The van der Waals surface area contributed by atoms with Crippen LogP contribution in [0.2, 0.25) is 0 Å².